The summed E-state index contributed by atoms with van der Waals surface area (Å²) in [5.74, 6) is 0.940. The van der Waals surface area contributed by atoms with Crippen molar-refractivity contribution in [1.82, 2.24) is 4.98 Å². The van der Waals surface area contributed by atoms with Gasteiger partial charge < -0.3 is 4.74 Å². The van der Waals surface area contributed by atoms with E-state index in [1.165, 1.54) is 0 Å². The number of ether oxygens (including phenoxy) is 1. The predicted molar refractivity (Wildman–Crippen MR) is 47.1 cm³/mol. The van der Waals surface area contributed by atoms with Crippen molar-refractivity contribution in [3.8, 4) is 5.75 Å². The molecule has 1 aromatic heterocycles. The Labute approximate surface area is 62.4 Å². The third-order valence-electron chi connectivity index (χ3n) is 1.46. The van der Waals surface area contributed by atoms with Crippen LogP contribution in [0.2, 0.25) is 0 Å². The van der Waals surface area contributed by atoms with Crippen LogP contribution in [0, 0.1) is 0 Å². The number of rotatable bonds is 1. The molecule has 0 atom stereocenters. The third-order valence-corrected chi connectivity index (χ3v) is 1.46. The molecule has 4 heteroatoms. The van der Waals surface area contributed by atoms with Gasteiger partial charge in [-0.15, -0.1) is 0 Å². The van der Waals surface area contributed by atoms with Gasteiger partial charge in [-0.25, -0.2) is 0 Å². The first-order valence-corrected chi connectivity index (χ1v) is 3.21. The molecule has 0 radical (unpaired) electrons. The molecule has 0 saturated carbocycles. The van der Waals surface area contributed by atoms with Crippen molar-refractivity contribution < 1.29 is 4.74 Å². The first-order valence-electron chi connectivity index (χ1n) is 3.21. The van der Waals surface area contributed by atoms with Crippen LogP contribution in [0.3, 0.4) is 0 Å². The van der Waals surface area contributed by atoms with Gasteiger partial charge in [0.05, 0.1) is 7.11 Å². The molecule has 0 aliphatic rings. The smallest absolute Gasteiger partial charge is 0.146 e. The summed E-state index contributed by atoms with van der Waals surface area (Å²) in [6, 6.07) is 0. The van der Waals surface area contributed by atoms with E-state index in [9.17, 15) is 0 Å². The van der Waals surface area contributed by atoms with E-state index in [0.717, 1.165) is 16.7 Å². The maximum absolute atomic E-state index is 5.14. The van der Waals surface area contributed by atoms with Crippen molar-refractivity contribution in [2.45, 2.75) is 0 Å². The van der Waals surface area contributed by atoms with E-state index >= 15 is 0 Å². The predicted octanol–water partition coefficient (Wildman–Crippen LogP) is -2.39. The fourth-order valence-corrected chi connectivity index (χ4v) is 1.01. The van der Waals surface area contributed by atoms with E-state index in [4.69, 9.17) is 4.74 Å². The molecule has 0 bridgehead atoms. The van der Waals surface area contributed by atoms with Crippen LogP contribution in [0.15, 0.2) is 12.4 Å². The fraction of sp³-hybridized carbons (Fsp3) is 0.167. The Hall–Kier alpha value is -0.920. The van der Waals surface area contributed by atoms with Crippen LogP contribution in [-0.4, -0.2) is 27.8 Å². The molecule has 0 fully saturated rings. The summed E-state index contributed by atoms with van der Waals surface area (Å²) >= 11 is 0. The van der Waals surface area contributed by atoms with Gasteiger partial charge in [-0.1, -0.05) is 0 Å². The van der Waals surface area contributed by atoms with Crippen LogP contribution in [0.5, 0.6) is 5.75 Å². The van der Waals surface area contributed by atoms with Crippen LogP contribution < -0.4 is 15.7 Å². The lowest BCUT2D eigenvalue weighted by molar-refractivity contribution is 0.421. The van der Waals surface area contributed by atoms with Crippen LogP contribution in [0.25, 0.3) is 0 Å². The molecule has 0 aliphatic heterocycles. The number of methoxy groups -OCH3 is 1. The molecule has 10 heavy (non-hydrogen) atoms. The van der Waals surface area contributed by atoms with Crippen LogP contribution in [-0.2, 0) is 0 Å². The second kappa shape index (κ2) is 2.78. The summed E-state index contributed by atoms with van der Waals surface area (Å²) in [5.41, 5.74) is 2.17. The molecule has 0 saturated heterocycles. The highest BCUT2D eigenvalue weighted by Gasteiger charge is 1.99. The Morgan fingerprint density at radius 3 is 2.10 bits per heavy atom. The van der Waals surface area contributed by atoms with Gasteiger partial charge in [0.2, 0.25) is 0 Å². The van der Waals surface area contributed by atoms with Crippen molar-refractivity contribution in [3.05, 3.63) is 12.4 Å². The summed E-state index contributed by atoms with van der Waals surface area (Å²) < 4.78 is 5.14. The van der Waals surface area contributed by atoms with Gasteiger partial charge in [0.15, 0.2) is 0 Å². The monoisotopic (exact) mass is 133 g/mol. The van der Waals surface area contributed by atoms with Gasteiger partial charge in [0.25, 0.3) is 0 Å². The highest BCUT2D eigenvalue weighted by atomic mass is 16.5. The summed E-state index contributed by atoms with van der Waals surface area (Å²) in [7, 11) is 5.65. The molecule has 0 amide bonds. The minimum absolute atomic E-state index is 0.940. The third kappa shape index (κ3) is 1.15. The van der Waals surface area contributed by atoms with Crippen molar-refractivity contribution >= 4 is 26.6 Å². The molecular formula is C6H9B2NO. The average Bonchev–Trinajstić information content (AvgIpc) is 1.88. The molecule has 2 nitrogen and oxygen atoms in total. The second-order valence-corrected chi connectivity index (χ2v) is 2.31. The topological polar surface area (TPSA) is 22.1 Å². The van der Waals surface area contributed by atoms with Crippen molar-refractivity contribution in [2.75, 3.05) is 7.11 Å². The van der Waals surface area contributed by atoms with Gasteiger partial charge in [-0.2, -0.15) is 0 Å². The zero-order valence-electron chi connectivity index (χ0n) is 6.51. The van der Waals surface area contributed by atoms with Crippen molar-refractivity contribution in [3.63, 3.8) is 0 Å². The molecular weight excluding hydrogens is 124 g/mol. The standard InChI is InChI=1S/C6H9B2NO/c1-10-6-4(7)2-9-3-5(6)8/h2-3H,7-8H2,1H3. The minimum atomic E-state index is 0.940. The fourth-order valence-electron chi connectivity index (χ4n) is 1.01. The second-order valence-electron chi connectivity index (χ2n) is 2.31. The molecule has 1 aromatic rings. The summed E-state index contributed by atoms with van der Waals surface area (Å²) in [6.07, 6.45) is 3.59. The van der Waals surface area contributed by atoms with E-state index in [1.807, 2.05) is 15.7 Å². The Kier molecular flexibility index (Phi) is 2.00. The molecule has 0 N–H and O–H groups in total. The van der Waals surface area contributed by atoms with Crippen LogP contribution >= 0.6 is 0 Å². The van der Waals surface area contributed by atoms with Gasteiger partial charge >= 0.3 is 0 Å². The molecule has 1 rings (SSSR count). The normalized spacial score (nSPS) is 9.30. The maximum atomic E-state index is 5.14. The van der Waals surface area contributed by atoms with Crippen LogP contribution in [0.1, 0.15) is 0 Å². The van der Waals surface area contributed by atoms with Gasteiger partial charge in [0.1, 0.15) is 21.4 Å². The first-order chi connectivity index (χ1) is 4.75. The lowest BCUT2D eigenvalue weighted by Gasteiger charge is -2.05. The Balaban J connectivity index is 3.17. The molecule has 50 valence electrons. The van der Waals surface area contributed by atoms with Gasteiger partial charge in [-0.05, 0) is 10.9 Å². The summed E-state index contributed by atoms with van der Waals surface area (Å²) in [4.78, 5) is 4.01. The summed E-state index contributed by atoms with van der Waals surface area (Å²) in [6.45, 7) is 0. The Morgan fingerprint density at radius 1 is 1.30 bits per heavy atom. The minimum Gasteiger partial charge on any atom is -0.498 e. The van der Waals surface area contributed by atoms with Crippen LogP contribution in [0.4, 0.5) is 0 Å². The Bertz CT molecular complexity index is 219. The highest BCUT2D eigenvalue weighted by Crippen LogP contribution is 1.95. The lowest BCUT2D eigenvalue weighted by Crippen LogP contribution is -2.19. The van der Waals surface area contributed by atoms with E-state index < -0.39 is 0 Å². The Morgan fingerprint density at radius 2 is 1.80 bits per heavy atom. The highest BCUT2D eigenvalue weighted by molar-refractivity contribution is 6.40. The molecule has 0 aliphatic carbocycles. The number of hydrogen-bond donors (Lipinski definition) is 0. The molecule has 0 unspecified atom stereocenters. The molecule has 0 spiro atoms. The number of aromatic nitrogens is 1. The maximum Gasteiger partial charge on any atom is 0.146 e. The van der Waals surface area contributed by atoms with Gasteiger partial charge in [-0.3, -0.25) is 4.98 Å². The largest absolute Gasteiger partial charge is 0.498 e. The zero-order valence-corrected chi connectivity index (χ0v) is 6.51. The van der Waals surface area contributed by atoms with E-state index in [2.05, 4.69) is 4.98 Å². The quantitative estimate of drug-likeness (QED) is 0.398. The van der Waals surface area contributed by atoms with Crippen molar-refractivity contribution in [2.24, 2.45) is 0 Å². The summed E-state index contributed by atoms with van der Waals surface area (Å²) in [5, 5.41) is 0. The number of hydrogen-bond acceptors (Lipinski definition) is 2. The van der Waals surface area contributed by atoms with E-state index in [-0.39, 0.29) is 0 Å². The number of nitrogens with zero attached hydrogens (tertiary/aromatic N) is 1. The SMILES string of the molecule is Bc1cncc(B)c1OC. The lowest BCUT2D eigenvalue weighted by atomic mass is 9.88. The van der Waals surface area contributed by atoms with E-state index in [0.29, 0.717) is 0 Å². The zero-order chi connectivity index (χ0) is 7.56. The molecule has 1 heterocycles. The first kappa shape index (κ1) is 7.19. The van der Waals surface area contributed by atoms with E-state index in [1.54, 1.807) is 19.5 Å². The van der Waals surface area contributed by atoms with Crippen molar-refractivity contribution in [1.29, 1.82) is 0 Å². The van der Waals surface area contributed by atoms with Gasteiger partial charge in [0, 0.05) is 12.4 Å². The number of pyridine rings is 1. The molecule has 0 aromatic carbocycles. The average molecular weight is 133 g/mol.